The minimum Gasteiger partial charge on any atom is -0.353 e. The molecule has 0 saturated carbocycles. The molecule has 0 spiro atoms. The van der Waals surface area contributed by atoms with Gasteiger partial charge in [0.1, 0.15) is 0 Å². The first-order chi connectivity index (χ1) is 7.83. The van der Waals surface area contributed by atoms with Gasteiger partial charge in [0.2, 0.25) is 5.91 Å². The van der Waals surface area contributed by atoms with E-state index in [4.69, 9.17) is 0 Å². The van der Waals surface area contributed by atoms with Gasteiger partial charge in [-0.15, -0.1) is 18.3 Å². The zero-order valence-electron chi connectivity index (χ0n) is 9.32. The van der Waals surface area contributed by atoms with Crippen molar-refractivity contribution >= 4 is 17.7 Å². The highest BCUT2D eigenvalue weighted by molar-refractivity contribution is 7.99. The van der Waals surface area contributed by atoms with Crippen molar-refractivity contribution in [2.45, 2.75) is 17.7 Å². The Kier molecular flexibility index (Phi) is 6.42. The molecule has 86 valence electrons. The summed E-state index contributed by atoms with van der Waals surface area (Å²) in [5, 5.41) is 2.76. The molecule has 0 aliphatic heterocycles. The van der Waals surface area contributed by atoms with E-state index in [1.807, 2.05) is 18.2 Å². The second-order valence-corrected chi connectivity index (χ2v) is 4.53. The Hall–Kier alpha value is -1.22. The van der Waals surface area contributed by atoms with Crippen LogP contribution in [-0.2, 0) is 4.79 Å². The van der Waals surface area contributed by atoms with Gasteiger partial charge in [0.05, 0.1) is 0 Å². The minimum atomic E-state index is 0.105. The Morgan fingerprint density at radius 3 is 2.81 bits per heavy atom. The molecule has 0 aliphatic carbocycles. The topological polar surface area (TPSA) is 29.1 Å². The molecule has 0 bridgehead atoms. The molecular formula is C13H17NOS. The lowest BCUT2D eigenvalue weighted by Gasteiger charge is -2.02. The van der Waals surface area contributed by atoms with Gasteiger partial charge in [-0.1, -0.05) is 24.3 Å². The zero-order valence-corrected chi connectivity index (χ0v) is 10.1. The van der Waals surface area contributed by atoms with Gasteiger partial charge in [0, 0.05) is 17.9 Å². The molecule has 0 heterocycles. The second kappa shape index (κ2) is 7.99. The molecule has 16 heavy (non-hydrogen) atoms. The number of hydrogen-bond acceptors (Lipinski definition) is 2. The van der Waals surface area contributed by atoms with Crippen molar-refractivity contribution in [3.05, 3.63) is 43.0 Å². The van der Waals surface area contributed by atoms with Gasteiger partial charge in [0.25, 0.3) is 0 Å². The molecule has 2 nitrogen and oxygen atoms in total. The van der Waals surface area contributed by atoms with E-state index >= 15 is 0 Å². The van der Waals surface area contributed by atoms with Crippen molar-refractivity contribution in [2.75, 3.05) is 12.3 Å². The third-order valence-electron chi connectivity index (χ3n) is 2.00. The molecule has 1 amide bonds. The predicted molar refractivity (Wildman–Crippen MR) is 69.6 cm³/mol. The normalized spacial score (nSPS) is 9.75. The van der Waals surface area contributed by atoms with Gasteiger partial charge in [-0.25, -0.2) is 0 Å². The summed E-state index contributed by atoms with van der Waals surface area (Å²) in [5.74, 6) is 1.08. The maximum atomic E-state index is 11.2. The van der Waals surface area contributed by atoms with Crippen LogP contribution in [0.5, 0.6) is 0 Å². The van der Waals surface area contributed by atoms with E-state index in [0.717, 1.165) is 12.2 Å². The van der Waals surface area contributed by atoms with E-state index in [0.29, 0.717) is 13.0 Å². The maximum Gasteiger partial charge on any atom is 0.220 e. The number of thioether (sulfide) groups is 1. The van der Waals surface area contributed by atoms with E-state index in [1.54, 1.807) is 17.8 Å². The van der Waals surface area contributed by atoms with Crippen LogP contribution in [0, 0.1) is 0 Å². The van der Waals surface area contributed by atoms with E-state index in [2.05, 4.69) is 24.0 Å². The smallest absolute Gasteiger partial charge is 0.220 e. The van der Waals surface area contributed by atoms with Crippen LogP contribution in [0.1, 0.15) is 12.8 Å². The van der Waals surface area contributed by atoms with Crippen LogP contribution in [0.15, 0.2) is 47.9 Å². The summed E-state index contributed by atoms with van der Waals surface area (Å²) in [5.41, 5.74) is 0. The van der Waals surface area contributed by atoms with E-state index < -0.39 is 0 Å². The fourth-order valence-corrected chi connectivity index (χ4v) is 2.09. The van der Waals surface area contributed by atoms with Gasteiger partial charge in [0.15, 0.2) is 0 Å². The van der Waals surface area contributed by atoms with Crippen molar-refractivity contribution in [2.24, 2.45) is 0 Å². The summed E-state index contributed by atoms with van der Waals surface area (Å²) in [6.07, 6.45) is 3.19. The molecule has 1 aromatic carbocycles. The zero-order chi connectivity index (χ0) is 11.6. The van der Waals surface area contributed by atoms with Crippen molar-refractivity contribution in [3.63, 3.8) is 0 Å². The SMILES string of the molecule is C=CCNC(=O)CCCSc1ccccc1. The molecular weight excluding hydrogens is 218 g/mol. The number of carbonyl (C=O) groups excluding carboxylic acids is 1. The average molecular weight is 235 g/mol. The summed E-state index contributed by atoms with van der Waals surface area (Å²) in [4.78, 5) is 12.5. The number of nitrogens with one attached hydrogen (secondary N) is 1. The van der Waals surface area contributed by atoms with E-state index in [-0.39, 0.29) is 5.91 Å². The summed E-state index contributed by atoms with van der Waals surface area (Å²) in [7, 11) is 0. The van der Waals surface area contributed by atoms with Crippen LogP contribution in [0.25, 0.3) is 0 Å². The first kappa shape index (κ1) is 12.8. The summed E-state index contributed by atoms with van der Waals surface area (Å²) < 4.78 is 0. The summed E-state index contributed by atoms with van der Waals surface area (Å²) in [6.45, 7) is 4.11. The van der Waals surface area contributed by atoms with Crippen LogP contribution in [0.2, 0.25) is 0 Å². The molecule has 1 rings (SSSR count). The lowest BCUT2D eigenvalue weighted by molar-refractivity contribution is -0.120. The predicted octanol–water partition coefficient (Wildman–Crippen LogP) is 2.86. The van der Waals surface area contributed by atoms with Crippen LogP contribution < -0.4 is 5.32 Å². The highest BCUT2D eigenvalue weighted by Gasteiger charge is 1.99. The molecule has 3 heteroatoms. The first-order valence-corrected chi connectivity index (χ1v) is 6.37. The lowest BCUT2D eigenvalue weighted by atomic mass is 10.3. The van der Waals surface area contributed by atoms with Crippen molar-refractivity contribution < 1.29 is 4.79 Å². The van der Waals surface area contributed by atoms with Crippen LogP contribution in [0.3, 0.4) is 0 Å². The molecule has 0 aliphatic rings. The number of benzene rings is 1. The molecule has 1 aromatic rings. The minimum absolute atomic E-state index is 0.105. The van der Waals surface area contributed by atoms with Gasteiger partial charge in [-0.2, -0.15) is 0 Å². The average Bonchev–Trinajstić information content (AvgIpc) is 2.33. The Labute approximate surface area is 101 Å². The lowest BCUT2D eigenvalue weighted by Crippen LogP contribution is -2.22. The molecule has 1 N–H and O–H groups in total. The fraction of sp³-hybridized carbons (Fsp3) is 0.308. The summed E-state index contributed by atoms with van der Waals surface area (Å²) in [6, 6.07) is 10.2. The van der Waals surface area contributed by atoms with Crippen molar-refractivity contribution in [1.82, 2.24) is 5.32 Å². The first-order valence-electron chi connectivity index (χ1n) is 5.38. The van der Waals surface area contributed by atoms with Gasteiger partial charge in [-0.3, -0.25) is 4.79 Å². The Morgan fingerprint density at radius 1 is 1.38 bits per heavy atom. The van der Waals surface area contributed by atoms with Crippen molar-refractivity contribution in [1.29, 1.82) is 0 Å². The highest BCUT2D eigenvalue weighted by Crippen LogP contribution is 2.18. The van der Waals surface area contributed by atoms with Crippen LogP contribution in [-0.4, -0.2) is 18.2 Å². The van der Waals surface area contributed by atoms with Gasteiger partial charge in [-0.05, 0) is 24.3 Å². The third kappa shape index (κ3) is 5.61. The quantitative estimate of drug-likeness (QED) is 0.447. The molecule has 0 saturated heterocycles. The van der Waals surface area contributed by atoms with Crippen molar-refractivity contribution in [3.8, 4) is 0 Å². The monoisotopic (exact) mass is 235 g/mol. The fourth-order valence-electron chi connectivity index (χ4n) is 1.21. The van der Waals surface area contributed by atoms with E-state index in [9.17, 15) is 4.79 Å². The standard InChI is InChI=1S/C13H17NOS/c1-2-10-14-13(15)9-6-11-16-12-7-4-3-5-8-12/h2-5,7-8H,1,6,9-11H2,(H,14,15). The summed E-state index contributed by atoms with van der Waals surface area (Å²) >= 11 is 1.79. The number of carbonyl (C=O) groups is 1. The number of rotatable bonds is 7. The molecule has 0 fully saturated rings. The molecule has 0 aromatic heterocycles. The third-order valence-corrected chi connectivity index (χ3v) is 3.10. The molecule has 0 radical (unpaired) electrons. The van der Waals surface area contributed by atoms with Gasteiger partial charge >= 0.3 is 0 Å². The molecule has 0 atom stereocenters. The Morgan fingerprint density at radius 2 is 2.12 bits per heavy atom. The molecule has 0 unspecified atom stereocenters. The maximum absolute atomic E-state index is 11.2. The Bertz CT molecular complexity index is 324. The van der Waals surface area contributed by atoms with Crippen LogP contribution in [0.4, 0.5) is 0 Å². The van der Waals surface area contributed by atoms with Gasteiger partial charge < -0.3 is 5.32 Å². The Balaban J connectivity index is 2.08. The van der Waals surface area contributed by atoms with Crippen LogP contribution >= 0.6 is 11.8 Å². The number of hydrogen-bond donors (Lipinski definition) is 1. The highest BCUT2D eigenvalue weighted by atomic mass is 32.2. The largest absolute Gasteiger partial charge is 0.353 e. The van der Waals surface area contributed by atoms with E-state index in [1.165, 1.54) is 4.90 Å². The second-order valence-electron chi connectivity index (χ2n) is 3.36. The number of amides is 1.